The van der Waals surface area contributed by atoms with Crippen molar-refractivity contribution in [3.8, 4) is 5.69 Å². The van der Waals surface area contributed by atoms with Crippen LogP contribution in [0.1, 0.15) is 39.3 Å². The summed E-state index contributed by atoms with van der Waals surface area (Å²) in [7, 11) is 1.57. The topological polar surface area (TPSA) is 85.2 Å². The Hall–Kier alpha value is -2.67. The van der Waals surface area contributed by atoms with Crippen molar-refractivity contribution in [2.24, 2.45) is 0 Å². The summed E-state index contributed by atoms with van der Waals surface area (Å²) >= 11 is 0. The Bertz CT molecular complexity index is 763. The van der Waals surface area contributed by atoms with E-state index in [0.29, 0.717) is 19.0 Å². The lowest BCUT2D eigenvalue weighted by Crippen LogP contribution is -2.28. The van der Waals surface area contributed by atoms with Crippen molar-refractivity contribution in [1.29, 1.82) is 0 Å². The van der Waals surface area contributed by atoms with Crippen molar-refractivity contribution in [1.82, 2.24) is 15.1 Å². The first-order valence-electron chi connectivity index (χ1n) is 9.02. The number of para-hydroxylation sites is 1. The van der Waals surface area contributed by atoms with Crippen molar-refractivity contribution in [2.75, 3.05) is 25.6 Å². The summed E-state index contributed by atoms with van der Waals surface area (Å²) in [6.07, 6.45) is 0.227. The summed E-state index contributed by atoms with van der Waals surface area (Å²) in [6, 6.07) is 11.5. The van der Waals surface area contributed by atoms with E-state index in [4.69, 9.17) is 4.74 Å². The van der Waals surface area contributed by atoms with Crippen LogP contribution < -0.4 is 10.6 Å². The van der Waals surface area contributed by atoms with Crippen LogP contribution in [-0.2, 0) is 19.7 Å². The quantitative estimate of drug-likeness (QED) is 0.698. The van der Waals surface area contributed by atoms with Crippen LogP contribution in [0.4, 0.5) is 5.82 Å². The second kappa shape index (κ2) is 9.32. The van der Waals surface area contributed by atoms with Crippen LogP contribution in [0.5, 0.6) is 0 Å². The van der Waals surface area contributed by atoms with Gasteiger partial charge in [0.2, 0.25) is 11.8 Å². The number of aromatic nitrogens is 2. The molecular weight excluding hydrogens is 344 g/mol. The molecule has 1 heterocycles. The lowest BCUT2D eigenvalue weighted by atomic mass is 9.92. The van der Waals surface area contributed by atoms with Gasteiger partial charge in [-0.05, 0) is 12.1 Å². The molecule has 7 nitrogen and oxygen atoms in total. The molecule has 0 unspecified atom stereocenters. The zero-order chi connectivity index (χ0) is 19.9. The van der Waals surface area contributed by atoms with E-state index in [2.05, 4.69) is 36.5 Å². The van der Waals surface area contributed by atoms with Crippen LogP contribution in [0.3, 0.4) is 0 Å². The summed E-state index contributed by atoms with van der Waals surface area (Å²) in [5.74, 6) is 0.194. The molecule has 1 aromatic carbocycles. The Morgan fingerprint density at radius 2 is 1.78 bits per heavy atom. The van der Waals surface area contributed by atoms with Gasteiger partial charge in [0.1, 0.15) is 5.82 Å². The number of amides is 2. The lowest BCUT2D eigenvalue weighted by Gasteiger charge is -2.14. The Labute approximate surface area is 160 Å². The van der Waals surface area contributed by atoms with Crippen LogP contribution in [0.2, 0.25) is 0 Å². The molecule has 146 valence electrons. The summed E-state index contributed by atoms with van der Waals surface area (Å²) in [6.45, 7) is 7.10. The number of hydrogen-bond acceptors (Lipinski definition) is 4. The van der Waals surface area contributed by atoms with Crippen LogP contribution in [0.15, 0.2) is 36.4 Å². The van der Waals surface area contributed by atoms with E-state index in [1.807, 2.05) is 36.4 Å². The minimum Gasteiger partial charge on any atom is -0.383 e. The van der Waals surface area contributed by atoms with E-state index >= 15 is 0 Å². The number of carbonyl (C=O) groups is 2. The highest BCUT2D eigenvalue weighted by Gasteiger charge is 2.21. The molecule has 0 radical (unpaired) electrons. The van der Waals surface area contributed by atoms with Crippen molar-refractivity contribution < 1.29 is 14.3 Å². The van der Waals surface area contributed by atoms with Crippen molar-refractivity contribution in [3.05, 3.63) is 42.1 Å². The van der Waals surface area contributed by atoms with Crippen LogP contribution in [0, 0.1) is 0 Å². The number of anilines is 1. The third kappa shape index (κ3) is 6.21. The molecule has 0 spiro atoms. The molecule has 27 heavy (non-hydrogen) atoms. The second-order valence-electron chi connectivity index (χ2n) is 7.30. The van der Waals surface area contributed by atoms with E-state index in [1.165, 1.54) is 0 Å². The smallest absolute Gasteiger partial charge is 0.226 e. The maximum Gasteiger partial charge on any atom is 0.226 e. The van der Waals surface area contributed by atoms with Crippen molar-refractivity contribution in [3.63, 3.8) is 0 Å². The maximum absolute atomic E-state index is 12.3. The molecule has 7 heteroatoms. The molecule has 0 fully saturated rings. The van der Waals surface area contributed by atoms with Crippen LogP contribution in [-0.4, -0.2) is 41.9 Å². The predicted octanol–water partition coefficient (Wildman–Crippen LogP) is 2.65. The first-order chi connectivity index (χ1) is 12.8. The number of rotatable bonds is 8. The number of nitrogens with zero attached hydrogens (tertiary/aromatic N) is 2. The molecule has 2 rings (SSSR count). The Balaban J connectivity index is 2.07. The molecule has 1 aromatic heterocycles. The average molecular weight is 372 g/mol. The van der Waals surface area contributed by atoms with E-state index in [1.54, 1.807) is 11.8 Å². The first-order valence-corrected chi connectivity index (χ1v) is 9.02. The summed E-state index contributed by atoms with van der Waals surface area (Å²) in [5.41, 5.74) is 1.58. The van der Waals surface area contributed by atoms with Crippen LogP contribution >= 0.6 is 0 Å². The normalized spacial score (nSPS) is 11.3. The molecule has 0 saturated heterocycles. The maximum atomic E-state index is 12.3. The molecule has 2 aromatic rings. The fourth-order valence-corrected chi connectivity index (χ4v) is 2.42. The van der Waals surface area contributed by atoms with Gasteiger partial charge in [-0.2, -0.15) is 5.10 Å². The Morgan fingerprint density at radius 3 is 2.41 bits per heavy atom. The van der Waals surface area contributed by atoms with E-state index in [0.717, 1.165) is 11.4 Å². The third-order valence-electron chi connectivity index (χ3n) is 3.95. The highest BCUT2D eigenvalue weighted by atomic mass is 16.5. The number of carbonyl (C=O) groups excluding carboxylic acids is 2. The summed E-state index contributed by atoms with van der Waals surface area (Å²) in [4.78, 5) is 24.1. The summed E-state index contributed by atoms with van der Waals surface area (Å²) in [5, 5.41) is 10.2. The molecule has 0 atom stereocenters. The average Bonchev–Trinajstić information content (AvgIpc) is 3.05. The number of nitrogens with one attached hydrogen (secondary N) is 2. The van der Waals surface area contributed by atoms with Gasteiger partial charge in [0.25, 0.3) is 0 Å². The lowest BCUT2D eigenvalue weighted by molar-refractivity contribution is -0.124. The van der Waals surface area contributed by atoms with Crippen molar-refractivity contribution >= 4 is 17.6 Å². The van der Waals surface area contributed by atoms with Gasteiger partial charge in [0.15, 0.2) is 0 Å². The van der Waals surface area contributed by atoms with Gasteiger partial charge in [-0.3, -0.25) is 9.59 Å². The zero-order valence-electron chi connectivity index (χ0n) is 16.4. The SMILES string of the molecule is COCCNC(=O)CCC(=O)Nc1cc(C(C)(C)C)nn1-c1ccccc1. The van der Waals surface area contributed by atoms with Gasteiger partial charge in [-0.25, -0.2) is 4.68 Å². The predicted molar refractivity (Wildman–Crippen MR) is 105 cm³/mol. The largest absolute Gasteiger partial charge is 0.383 e. The van der Waals surface area contributed by atoms with E-state index in [-0.39, 0.29) is 30.1 Å². The molecular formula is C20H28N4O3. The highest BCUT2D eigenvalue weighted by Crippen LogP contribution is 2.26. The first kappa shape index (κ1) is 20.6. The number of hydrogen-bond donors (Lipinski definition) is 2. The monoisotopic (exact) mass is 372 g/mol. The van der Waals surface area contributed by atoms with Gasteiger partial charge in [-0.1, -0.05) is 39.0 Å². The standard InChI is InChI=1S/C20H28N4O3/c1-20(2,3)16-14-17(24(23-16)15-8-6-5-7-9-15)22-19(26)11-10-18(25)21-12-13-27-4/h5-9,14H,10-13H2,1-4H3,(H,21,25)(H,22,26). The molecule has 0 aliphatic heterocycles. The minimum atomic E-state index is -0.227. The van der Waals surface area contributed by atoms with Crippen molar-refractivity contribution in [2.45, 2.75) is 39.0 Å². The van der Waals surface area contributed by atoms with Gasteiger partial charge in [0.05, 0.1) is 18.0 Å². The zero-order valence-corrected chi connectivity index (χ0v) is 16.4. The van der Waals surface area contributed by atoms with E-state index < -0.39 is 0 Å². The number of benzene rings is 1. The highest BCUT2D eigenvalue weighted by molar-refractivity contribution is 5.92. The third-order valence-corrected chi connectivity index (χ3v) is 3.95. The Kier molecular flexibility index (Phi) is 7.12. The van der Waals surface area contributed by atoms with Crippen LogP contribution in [0.25, 0.3) is 5.69 Å². The number of ether oxygens (including phenoxy) is 1. The molecule has 2 N–H and O–H groups in total. The molecule has 0 bridgehead atoms. The van der Waals surface area contributed by atoms with Gasteiger partial charge < -0.3 is 15.4 Å². The molecule has 2 amide bonds. The van der Waals surface area contributed by atoms with Gasteiger partial charge >= 0.3 is 0 Å². The Morgan fingerprint density at radius 1 is 1.11 bits per heavy atom. The molecule has 0 aliphatic rings. The van der Waals surface area contributed by atoms with Gasteiger partial charge in [0, 0.05) is 38.0 Å². The fraction of sp³-hybridized carbons (Fsp3) is 0.450. The second-order valence-corrected chi connectivity index (χ2v) is 7.30. The van der Waals surface area contributed by atoms with Gasteiger partial charge in [-0.15, -0.1) is 0 Å². The molecule has 0 saturated carbocycles. The van der Waals surface area contributed by atoms with E-state index in [9.17, 15) is 9.59 Å². The summed E-state index contributed by atoms with van der Waals surface area (Å²) < 4.78 is 6.60. The fourth-order valence-electron chi connectivity index (χ4n) is 2.42. The minimum absolute atomic E-state index is 0.101. The molecule has 0 aliphatic carbocycles. The number of methoxy groups -OCH3 is 1.